The first kappa shape index (κ1) is 15.0. The van der Waals surface area contributed by atoms with Crippen LogP contribution >= 0.6 is 0 Å². The van der Waals surface area contributed by atoms with Crippen molar-refractivity contribution in [2.45, 2.75) is 39.8 Å². The zero-order chi connectivity index (χ0) is 14.9. The number of aromatic nitrogens is 1. The van der Waals surface area contributed by atoms with Crippen LogP contribution in [0.5, 0.6) is 0 Å². The van der Waals surface area contributed by atoms with Gasteiger partial charge in [-0.25, -0.2) is 0 Å². The van der Waals surface area contributed by atoms with Gasteiger partial charge in [0.25, 0.3) is 0 Å². The number of carboxylic acids is 1. The molecule has 1 aliphatic heterocycles. The van der Waals surface area contributed by atoms with Crippen molar-refractivity contribution in [2.24, 2.45) is 0 Å². The predicted octanol–water partition coefficient (Wildman–Crippen LogP) is 1.27. The van der Waals surface area contributed by atoms with Crippen molar-refractivity contribution in [3.63, 3.8) is 0 Å². The van der Waals surface area contributed by atoms with Crippen LogP contribution in [-0.2, 0) is 11.3 Å². The topological polar surface area (TPSA) is 69.8 Å². The standard InChI is InChI=1S/C14H23N3O3/c1-10-12(11(2)20-15-10)9-16-5-7-17(8-6-16)14(3,4)13(18)19/h5-9H2,1-4H3,(H,18,19). The van der Waals surface area contributed by atoms with Gasteiger partial charge in [-0.05, 0) is 27.7 Å². The van der Waals surface area contributed by atoms with E-state index in [4.69, 9.17) is 4.52 Å². The van der Waals surface area contributed by atoms with Crippen LogP contribution in [0.15, 0.2) is 4.52 Å². The lowest BCUT2D eigenvalue weighted by atomic mass is 10.0. The lowest BCUT2D eigenvalue weighted by molar-refractivity contribution is -0.150. The largest absolute Gasteiger partial charge is 0.480 e. The van der Waals surface area contributed by atoms with E-state index in [-0.39, 0.29) is 0 Å². The van der Waals surface area contributed by atoms with E-state index in [1.807, 2.05) is 18.7 Å². The maximum Gasteiger partial charge on any atom is 0.323 e. The van der Waals surface area contributed by atoms with Gasteiger partial charge < -0.3 is 9.63 Å². The smallest absolute Gasteiger partial charge is 0.323 e. The minimum Gasteiger partial charge on any atom is -0.480 e. The monoisotopic (exact) mass is 281 g/mol. The summed E-state index contributed by atoms with van der Waals surface area (Å²) in [6.07, 6.45) is 0. The molecule has 0 atom stereocenters. The van der Waals surface area contributed by atoms with Crippen molar-refractivity contribution in [1.82, 2.24) is 15.0 Å². The first-order valence-electron chi connectivity index (χ1n) is 6.95. The molecule has 0 aromatic carbocycles. The first-order valence-corrected chi connectivity index (χ1v) is 6.95. The number of piperazine rings is 1. The molecule has 2 rings (SSSR count). The van der Waals surface area contributed by atoms with E-state index in [9.17, 15) is 9.90 Å². The Bertz CT molecular complexity index is 468. The number of hydrogen-bond acceptors (Lipinski definition) is 5. The summed E-state index contributed by atoms with van der Waals surface area (Å²) >= 11 is 0. The van der Waals surface area contributed by atoms with E-state index in [1.165, 1.54) is 0 Å². The fourth-order valence-electron chi connectivity index (χ4n) is 2.55. The molecule has 0 aliphatic carbocycles. The van der Waals surface area contributed by atoms with E-state index < -0.39 is 11.5 Å². The maximum atomic E-state index is 11.3. The summed E-state index contributed by atoms with van der Waals surface area (Å²) in [6, 6.07) is 0. The van der Waals surface area contributed by atoms with Crippen molar-refractivity contribution in [3.05, 3.63) is 17.0 Å². The number of aliphatic carboxylic acids is 1. The van der Waals surface area contributed by atoms with Crippen LogP contribution in [0, 0.1) is 13.8 Å². The van der Waals surface area contributed by atoms with Crippen LogP contribution in [-0.4, -0.2) is 57.8 Å². The Morgan fingerprint density at radius 1 is 1.30 bits per heavy atom. The number of carbonyl (C=O) groups is 1. The third-order valence-corrected chi connectivity index (χ3v) is 4.25. The molecule has 20 heavy (non-hydrogen) atoms. The van der Waals surface area contributed by atoms with E-state index >= 15 is 0 Å². The van der Waals surface area contributed by atoms with Gasteiger partial charge >= 0.3 is 5.97 Å². The third-order valence-electron chi connectivity index (χ3n) is 4.25. The highest BCUT2D eigenvalue weighted by molar-refractivity contribution is 5.77. The molecular formula is C14H23N3O3. The van der Waals surface area contributed by atoms with Crippen LogP contribution in [0.2, 0.25) is 0 Å². The first-order chi connectivity index (χ1) is 9.32. The number of carboxylic acid groups (broad SMARTS) is 1. The van der Waals surface area contributed by atoms with Gasteiger partial charge in [0, 0.05) is 38.3 Å². The Labute approximate surface area is 119 Å². The summed E-state index contributed by atoms with van der Waals surface area (Å²) in [6.45, 7) is 11.5. The van der Waals surface area contributed by atoms with E-state index in [0.29, 0.717) is 0 Å². The molecule has 1 fully saturated rings. The molecule has 0 unspecified atom stereocenters. The fraction of sp³-hybridized carbons (Fsp3) is 0.714. The van der Waals surface area contributed by atoms with Crippen LogP contribution in [0.1, 0.15) is 30.9 Å². The summed E-state index contributed by atoms with van der Waals surface area (Å²) in [5.74, 6) is 0.104. The van der Waals surface area contributed by atoms with Gasteiger partial charge in [-0.1, -0.05) is 5.16 Å². The Kier molecular flexibility index (Phi) is 4.15. The van der Waals surface area contributed by atoms with E-state index in [2.05, 4.69) is 10.1 Å². The molecule has 112 valence electrons. The summed E-state index contributed by atoms with van der Waals surface area (Å²) in [4.78, 5) is 15.6. The molecule has 6 nitrogen and oxygen atoms in total. The van der Waals surface area contributed by atoms with Gasteiger partial charge in [-0.3, -0.25) is 14.6 Å². The lowest BCUT2D eigenvalue weighted by Crippen LogP contribution is -2.57. The molecule has 1 saturated heterocycles. The third kappa shape index (κ3) is 2.86. The quantitative estimate of drug-likeness (QED) is 0.896. The Morgan fingerprint density at radius 3 is 2.35 bits per heavy atom. The molecule has 0 radical (unpaired) electrons. The Hall–Kier alpha value is -1.40. The normalized spacial score (nSPS) is 18.4. The number of rotatable bonds is 4. The molecule has 1 N–H and O–H groups in total. The van der Waals surface area contributed by atoms with Crippen LogP contribution in [0.4, 0.5) is 0 Å². The van der Waals surface area contributed by atoms with E-state index in [1.54, 1.807) is 13.8 Å². The summed E-state index contributed by atoms with van der Waals surface area (Å²) in [5.41, 5.74) is 1.29. The van der Waals surface area contributed by atoms with Crippen molar-refractivity contribution >= 4 is 5.97 Å². The summed E-state index contributed by atoms with van der Waals surface area (Å²) < 4.78 is 5.18. The Balaban J connectivity index is 1.94. The fourth-order valence-corrected chi connectivity index (χ4v) is 2.55. The van der Waals surface area contributed by atoms with Gasteiger partial charge in [0.1, 0.15) is 11.3 Å². The van der Waals surface area contributed by atoms with Gasteiger partial charge in [-0.2, -0.15) is 0 Å². The molecule has 2 heterocycles. The van der Waals surface area contributed by atoms with Crippen LogP contribution in [0.25, 0.3) is 0 Å². The molecule has 0 bridgehead atoms. The zero-order valence-electron chi connectivity index (χ0n) is 12.6. The van der Waals surface area contributed by atoms with Gasteiger partial charge in [-0.15, -0.1) is 0 Å². The maximum absolute atomic E-state index is 11.3. The SMILES string of the molecule is Cc1noc(C)c1CN1CCN(C(C)(C)C(=O)O)CC1. The highest BCUT2D eigenvalue weighted by Crippen LogP contribution is 2.20. The molecule has 0 saturated carbocycles. The highest BCUT2D eigenvalue weighted by atomic mass is 16.5. The van der Waals surface area contributed by atoms with Gasteiger partial charge in [0.2, 0.25) is 0 Å². The molecular weight excluding hydrogens is 258 g/mol. The van der Waals surface area contributed by atoms with Crippen molar-refractivity contribution in [1.29, 1.82) is 0 Å². The van der Waals surface area contributed by atoms with E-state index in [0.717, 1.165) is 49.7 Å². The average molecular weight is 281 g/mol. The number of hydrogen-bond donors (Lipinski definition) is 1. The second kappa shape index (κ2) is 5.54. The summed E-state index contributed by atoms with van der Waals surface area (Å²) in [5, 5.41) is 13.2. The molecule has 0 spiro atoms. The van der Waals surface area contributed by atoms with Gasteiger partial charge in [0.05, 0.1) is 5.69 Å². The zero-order valence-corrected chi connectivity index (χ0v) is 12.6. The molecule has 1 aromatic rings. The number of nitrogens with zero attached hydrogens (tertiary/aromatic N) is 3. The lowest BCUT2D eigenvalue weighted by Gasteiger charge is -2.41. The molecule has 6 heteroatoms. The van der Waals surface area contributed by atoms with Crippen LogP contribution < -0.4 is 0 Å². The second-order valence-electron chi connectivity index (χ2n) is 5.93. The predicted molar refractivity (Wildman–Crippen MR) is 74.5 cm³/mol. The second-order valence-corrected chi connectivity index (χ2v) is 5.93. The average Bonchev–Trinajstić information content (AvgIpc) is 2.71. The summed E-state index contributed by atoms with van der Waals surface area (Å²) in [7, 11) is 0. The number of aryl methyl sites for hydroxylation is 2. The van der Waals surface area contributed by atoms with Crippen molar-refractivity contribution in [3.8, 4) is 0 Å². The minimum atomic E-state index is -0.797. The Morgan fingerprint density at radius 2 is 1.90 bits per heavy atom. The minimum absolute atomic E-state index is 0.767. The molecule has 0 amide bonds. The van der Waals surface area contributed by atoms with Crippen molar-refractivity contribution in [2.75, 3.05) is 26.2 Å². The molecule has 1 aliphatic rings. The van der Waals surface area contributed by atoms with Gasteiger partial charge in [0.15, 0.2) is 0 Å². The van der Waals surface area contributed by atoms with Crippen molar-refractivity contribution < 1.29 is 14.4 Å². The highest BCUT2D eigenvalue weighted by Gasteiger charge is 2.36. The van der Waals surface area contributed by atoms with Crippen LogP contribution in [0.3, 0.4) is 0 Å². The molecule has 1 aromatic heterocycles.